The molecule has 134 valence electrons. The number of carbonyl (C=O) groups excluding carboxylic acids is 1. The van der Waals surface area contributed by atoms with Crippen molar-refractivity contribution in [3.8, 4) is 5.75 Å². The van der Waals surface area contributed by atoms with Crippen LogP contribution in [0.3, 0.4) is 0 Å². The summed E-state index contributed by atoms with van der Waals surface area (Å²) < 4.78 is 25.0. The molecule has 0 unspecified atom stereocenters. The predicted molar refractivity (Wildman–Crippen MR) is 94.9 cm³/mol. The molecule has 7 heteroatoms. The number of aromatic amines is 1. The molecule has 3 aromatic rings. The first-order chi connectivity index (χ1) is 12.5. The molecule has 1 aliphatic heterocycles. The molecule has 2 atom stereocenters. The number of nitrogens with one attached hydrogen (secondary N) is 2. The molecule has 0 spiro atoms. The maximum atomic E-state index is 13.8. The molecular formula is C19H18FN3O3. The standard InChI is InChI=1S/C19H18FN3O3/c1-10-9-25-19(24)18-15-8-13(4-5-16(15)22-23-18)21-11(2)14-7-12(20)3-6-17(14)26-10/h3-8,10-11,21H,9H2,1-2H3,(H,22,23)/t10-,11+/m0/s1. The van der Waals surface area contributed by atoms with E-state index in [1.54, 1.807) is 13.0 Å². The van der Waals surface area contributed by atoms with Gasteiger partial charge >= 0.3 is 5.97 Å². The van der Waals surface area contributed by atoms with Crippen LogP contribution in [-0.4, -0.2) is 28.9 Å². The highest BCUT2D eigenvalue weighted by Crippen LogP contribution is 2.31. The zero-order chi connectivity index (χ0) is 18.3. The molecule has 1 aromatic heterocycles. The van der Waals surface area contributed by atoms with Gasteiger partial charge in [0.1, 0.15) is 24.3 Å². The second kappa shape index (κ2) is 6.33. The lowest BCUT2D eigenvalue weighted by atomic mass is 10.1. The van der Waals surface area contributed by atoms with Crippen molar-refractivity contribution >= 4 is 22.6 Å². The molecular weight excluding hydrogens is 337 g/mol. The Kier molecular flexibility index (Phi) is 3.99. The summed E-state index contributed by atoms with van der Waals surface area (Å²) in [6.07, 6.45) is -0.395. The van der Waals surface area contributed by atoms with E-state index in [0.717, 1.165) is 11.2 Å². The number of benzene rings is 2. The van der Waals surface area contributed by atoms with Gasteiger partial charge in [0.15, 0.2) is 5.69 Å². The van der Waals surface area contributed by atoms with Gasteiger partial charge in [0.2, 0.25) is 0 Å². The van der Waals surface area contributed by atoms with Crippen LogP contribution in [0.5, 0.6) is 5.75 Å². The molecule has 4 rings (SSSR count). The highest BCUT2D eigenvalue weighted by atomic mass is 19.1. The molecule has 0 saturated heterocycles. The third-order valence-electron chi connectivity index (χ3n) is 4.35. The van der Waals surface area contributed by atoms with Crippen LogP contribution in [0, 0.1) is 5.82 Å². The number of anilines is 1. The Hall–Kier alpha value is -3.09. The number of esters is 1. The number of cyclic esters (lactones) is 1. The van der Waals surface area contributed by atoms with Gasteiger partial charge in [0.25, 0.3) is 0 Å². The third-order valence-corrected chi connectivity index (χ3v) is 4.35. The zero-order valence-electron chi connectivity index (χ0n) is 14.4. The van der Waals surface area contributed by atoms with Crippen LogP contribution in [0.25, 0.3) is 10.9 Å². The predicted octanol–water partition coefficient (Wildman–Crippen LogP) is 3.81. The average Bonchev–Trinajstić information content (AvgIpc) is 3.03. The summed E-state index contributed by atoms with van der Waals surface area (Å²) in [5.41, 5.74) is 2.44. The molecule has 0 saturated carbocycles. The smallest absolute Gasteiger partial charge is 0.359 e. The number of carbonyl (C=O) groups is 1. The van der Waals surface area contributed by atoms with Crippen molar-refractivity contribution in [1.29, 1.82) is 0 Å². The summed E-state index contributed by atoms with van der Waals surface area (Å²) in [7, 11) is 0. The largest absolute Gasteiger partial charge is 0.487 e. The van der Waals surface area contributed by atoms with Crippen LogP contribution in [0.15, 0.2) is 36.4 Å². The van der Waals surface area contributed by atoms with E-state index in [0.29, 0.717) is 16.7 Å². The fraction of sp³-hybridized carbons (Fsp3) is 0.263. The van der Waals surface area contributed by atoms with Gasteiger partial charge in [-0.2, -0.15) is 5.10 Å². The highest BCUT2D eigenvalue weighted by Gasteiger charge is 2.21. The number of halogens is 1. The molecule has 2 heterocycles. The second-order valence-electron chi connectivity index (χ2n) is 6.41. The number of H-pyrrole nitrogens is 1. The summed E-state index contributed by atoms with van der Waals surface area (Å²) in [5, 5.41) is 10.9. The fourth-order valence-electron chi connectivity index (χ4n) is 3.06. The molecule has 0 fully saturated rings. The first kappa shape index (κ1) is 16.4. The van der Waals surface area contributed by atoms with Crippen molar-refractivity contribution in [3.63, 3.8) is 0 Å². The summed E-state index contributed by atoms with van der Waals surface area (Å²) in [6.45, 7) is 3.78. The lowest BCUT2D eigenvalue weighted by Gasteiger charge is -2.21. The number of hydrogen-bond donors (Lipinski definition) is 2. The molecule has 2 bridgehead atoms. The van der Waals surface area contributed by atoms with Gasteiger partial charge < -0.3 is 14.8 Å². The topological polar surface area (TPSA) is 76.2 Å². The number of hydrogen-bond acceptors (Lipinski definition) is 5. The minimum Gasteiger partial charge on any atom is -0.487 e. The SMILES string of the molecule is C[C@H]1COC(=O)c2n[nH]c3ccc(cc23)N[C@H](C)c2cc(F)ccc2O1. The number of rotatable bonds is 0. The zero-order valence-corrected chi connectivity index (χ0v) is 14.4. The van der Waals surface area contributed by atoms with Crippen LogP contribution in [0.4, 0.5) is 10.1 Å². The summed E-state index contributed by atoms with van der Waals surface area (Å²) >= 11 is 0. The van der Waals surface area contributed by atoms with Crippen molar-refractivity contribution in [1.82, 2.24) is 10.2 Å². The van der Waals surface area contributed by atoms with Gasteiger partial charge in [0, 0.05) is 16.6 Å². The van der Waals surface area contributed by atoms with Gasteiger partial charge in [-0.15, -0.1) is 0 Å². The van der Waals surface area contributed by atoms with Gasteiger partial charge in [0.05, 0.1) is 11.6 Å². The van der Waals surface area contributed by atoms with E-state index in [2.05, 4.69) is 15.5 Å². The van der Waals surface area contributed by atoms with E-state index >= 15 is 0 Å². The molecule has 1 aliphatic rings. The van der Waals surface area contributed by atoms with Crippen LogP contribution in [-0.2, 0) is 4.74 Å². The Morgan fingerprint density at radius 3 is 2.88 bits per heavy atom. The summed E-state index contributed by atoms with van der Waals surface area (Å²) in [6, 6.07) is 9.71. The summed E-state index contributed by atoms with van der Waals surface area (Å²) in [4.78, 5) is 12.4. The van der Waals surface area contributed by atoms with E-state index in [9.17, 15) is 9.18 Å². The first-order valence-electron chi connectivity index (χ1n) is 8.39. The average molecular weight is 355 g/mol. The van der Waals surface area contributed by atoms with Crippen LogP contribution < -0.4 is 10.1 Å². The molecule has 6 nitrogen and oxygen atoms in total. The maximum absolute atomic E-state index is 13.8. The molecule has 0 aliphatic carbocycles. The molecule has 2 aromatic carbocycles. The normalized spacial score (nSPS) is 20.2. The summed E-state index contributed by atoms with van der Waals surface area (Å²) in [5.74, 6) is -0.305. The molecule has 26 heavy (non-hydrogen) atoms. The number of fused-ring (bicyclic) bond motifs is 2. The lowest BCUT2D eigenvalue weighted by molar-refractivity contribution is 0.0335. The Bertz CT molecular complexity index is 985. The van der Waals surface area contributed by atoms with E-state index in [1.165, 1.54) is 12.1 Å². The van der Waals surface area contributed by atoms with Gasteiger partial charge in [-0.05, 0) is 50.2 Å². The number of nitrogens with zero attached hydrogens (tertiary/aromatic N) is 1. The Balaban J connectivity index is 1.82. The Morgan fingerprint density at radius 1 is 1.19 bits per heavy atom. The lowest BCUT2D eigenvalue weighted by Crippen LogP contribution is -2.23. The van der Waals surface area contributed by atoms with E-state index < -0.39 is 12.1 Å². The highest BCUT2D eigenvalue weighted by molar-refractivity contribution is 6.02. The second-order valence-corrected chi connectivity index (χ2v) is 6.41. The van der Waals surface area contributed by atoms with Gasteiger partial charge in [-0.1, -0.05) is 0 Å². The van der Waals surface area contributed by atoms with Gasteiger partial charge in [-0.3, -0.25) is 5.10 Å². The first-order valence-corrected chi connectivity index (χ1v) is 8.39. The van der Waals surface area contributed by atoms with Crippen molar-refractivity contribution in [2.75, 3.05) is 11.9 Å². The van der Waals surface area contributed by atoms with E-state index in [1.807, 2.05) is 25.1 Å². The van der Waals surface area contributed by atoms with Crippen molar-refractivity contribution in [2.24, 2.45) is 0 Å². The Morgan fingerprint density at radius 2 is 2.04 bits per heavy atom. The van der Waals surface area contributed by atoms with Crippen LogP contribution >= 0.6 is 0 Å². The monoisotopic (exact) mass is 355 g/mol. The molecule has 0 radical (unpaired) electrons. The molecule has 0 amide bonds. The quantitative estimate of drug-likeness (QED) is 0.600. The van der Waals surface area contributed by atoms with Crippen molar-refractivity contribution in [3.05, 3.63) is 53.5 Å². The van der Waals surface area contributed by atoms with Crippen molar-refractivity contribution in [2.45, 2.75) is 26.0 Å². The van der Waals surface area contributed by atoms with Crippen LogP contribution in [0.1, 0.15) is 35.9 Å². The van der Waals surface area contributed by atoms with E-state index in [4.69, 9.17) is 9.47 Å². The maximum Gasteiger partial charge on any atom is 0.359 e. The number of ether oxygens (including phenoxy) is 2. The van der Waals surface area contributed by atoms with Crippen molar-refractivity contribution < 1.29 is 18.7 Å². The molecule has 2 N–H and O–H groups in total. The van der Waals surface area contributed by atoms with Crippen LogP contribution in [0.2, 0.25) is 0 Å². The minimum absolute atomic E-state index is 0.0610. The number of aromatic nitrogens is 2. The van der Waals surface area contributed by atoms with E-state index in [-0.39, 0.29) is 24.2 Å². The Labute approximate surface area is 149 Å². The van der Waals surface area contributed by atoms with Gasteiger partial charge in [-0.25, -0.2) is 9.18 Å². The minimum atomic E-state index is -0.518. The fourth-order valence-corrected chi connectivity index (χ4v) is 3.06. The third kappa shape index (κ3) is 2.96.